The molecule has 11 heteroatoms. The van der Waals surface area contributed by atoms with Crippen LogP contribution < -0.4 is 21.3 Å². The van der Waals surface area contributed by atoms with Gasteiger partial charge in [0.2, 0.25) is 0 Å². The number of thiazole rings is 1. The van der Waals surface area contributed by atoms with Crippen LogP contribution in [0.3, 0.4) is 0 Å². The van der Waals surface area contributed by atoms with Gasteiger partial charge < -0.3 is 20.7 Å². The average Bonchev–Trinajstić information content (AvgIpc) is 3.47. The van der Waals surface area contributed by atoms with Crippen LogP contribution in [-0.4, -0.2) is 32.6 Å². The standard InChI is InChI=1S/C33H33N7O3S/c1-21-11-13-24(16-28(21)38-31-39-29(20-44-31)22-8-7-15-34-17-22)37-30(41)23-12-14-25(35-18-23)19-36-26-9-5-6-10-27(26)40-32(42)43-33(2,3)4/h5-18,20,36H,19H2,1-4H3,(H,37,41)(H,38,39)(H,40,42). The van der Waals surface area contributed by atoms with Crippen LogP contribution in [0.1, 0.15) is 42.4 Å². The lowest BCUT2D eigenvalue weighted by Crippen LogP contribution is -2.27. The fraction of sp³-hybridized carbons (Fsp3) is 0.182. The number of carbonyl (C=O) groups excluding carboxylic acids is 2. The molecule has 44 heavy (non-hydrogen) atoms. The molecule has 0 saturated carbocycles. The third kappa shape index (κ3) is 8.17. The summed E-state index contributed by atoms with van der Waals surface area (Å²) < 4.78 is 5.36. The number of aryl methyl sites for hydroxylation is 1. The van der Waals surface area contributed by atoms with Crippen LogP contribution in [0.2, 0.25) is 0 Å². The van der Waals surface area contributed by atoms with Crippen molar-refractivity contribution in [3.05, 3.63) is 108 Å². The van der Waals surface area contributed by atoms with E-state index in [-0.39, 0.29) is 5.91 Å². The molecule has 0 aliphatic rings. The van der Waals surface area contributed by atoms with Crippen molar-refractivity contribution >= 4 is 51.2 Å². The van der Waals surface area contributed by atoms with E-state index in [9.17, 15) is 9.59 Å². The minimum atomic E-state index is -0.601. The highest BCUT2D eigenvalue weighted by Gasteiger charge is 2.17. The number of pyridine rings is 2. The molecule has 4 N–H and O–H groups in total. The average molecular weight is 608 g/mol. The minimum absolute atomic E-state index is 0.271. The van der Waals surface area contributed by atoms with Crippen molar-refractivity contribution < 1.29 is 14.3 Å². The second kappa shape index (κ2) is 13.3. The molecule has 5 aromatic rings. The highest BCUT2D eigenvalue weighted by molar-refractivity contribution is 7.14. The van der Waals surface area contributed by atoms with Crippen LogP contribution in [0, 0.1) is 6.92 Å². The van der Waals surface area contributed by atoms with Crippen molar-refractivity contribution in [1.29, 1.82) is 0 Å². The molecule has 0 spiro atoms. The summed E-state index contributed by atoms with van der Waals surface area (Å²) in [6.07, 6.45) is 4.52. The first kappa shape index (κ1) is 30.2. The van der Waals surface area contributed by atoms with Gasteiger partial charge in [-0.1, -0.05) is 18.2 Å². The Morgan fingerprint density at radius 2 is 1.73 bits per heavy atom. The number of amides is 2. The smallest absolute Gasteiger partial charge is 0.412 e. The van der Waals surface area contributed by atoms with Crippen molar-refractivity contribution in [3.8, 4) is 11.3 Å². The van der Waals surface area contributed by atoms with Gasteiger partial charge in [0.1, 0.15) is 5.60 Å². The van der Waals surface area contributed by atoms with E-state index >= 15 is 0 Å². The molecule has 0 aliphatic carbocycles. The Bertz CT molecular complexity index is 1750. The summed E-state index contributed by atoms with van der Waals surface area (Å²) in [6, 6.07) is 20.4. The molecule has 224 valence electrons. The summed E-state index contributed by atoms with van der Waals surface area (Å²) in [5.41, 5.74) is 6.17. The highest BCUT2D eigenvalue weighted by Crippen LogP contribution is 2.29. The van der Waals surface area contributed by atoms with Gasteiger partial charge in [-0.05, 0) is 81.8 Å². The van der Waals surface area contributed by atoms with Gasteiger partial charge in [0.15, 0.2) is 5.13 Å². The Kier molecular flexibility index (Phi) is 9.15. The lowest BCUT2D eigenvalue weighted by atomic mass is 10.1. The van der Waals surface area contributed by atoms with Crippen LogP contribution in [0.15, 0.2) is 90.7 Å². The molecule has 10 nitrogen and oxygen atoms in total. The van der Waals surface area contributed by atoms with E-state index < -0.39 is 11.7 Å². The zero-order chi connectivity index (χ0) is 31.1. The number of aromatic nitrogens is 3. The third-order valence-corrected chi connectivity index (χ3v) is 7.07. The number of nitrogens with zero attached hydrogens (tertiary/aromatic N) is 3. The number of carbonyl (C=O) groups is 2. The van der Waals surface area contributed by atoms with Gasteiger partial charge in [0.25, 0.3) is 5.91 Å². The number of hydrogen-bond acceptors (Lipinski definition) is 9. The topological polar surface area (TPSA) is 130 Å². The SMILES string of the molecule is Cc1ccc(NC(=O)c2ccc(CNc3ccccc3NC(=O)OC(C)(C)C)nc2)cc1Nc1nc(-c2cccnc2)cs1. The van der Waals surface area contributed by atoms with Gasteiger partial charge >= 0.3 is 6.09 Å². The van der Waals surface area contributed by atoms with Crippen molar-refractivity contribution in [1.82, 2.24) is 15.0 Å². The second-order valence-electron chi connectivity index (χ2n) is 11.0. The molecule has 0 unspecified atom stereocenters. The first-order chi connectivity index (χ1) is 21.1. The maximum absolute atomic E-state index is 13.0. The summed E-state index contributed by atoms with van der Waals surface area (Å²) in [7, 11) is 0. The molecule has 3 aromatic heterocycles. The van der Waals surface area contributed by atoms with Gasteiger partial charge in [-0.2, -0.15) is 0 Å². The van der Waals surface area contributed by atoms with Crippen LogP contribution in [0.5, 0.6) is 0 Å². The van der Waals surface area contributed by atoms with E-state index in [1.165, 1.54) is 11.3 Å². The Morgan fingerprint density at radius 3 is 2.45 bits per heavy atom. The van der Waals surface area contributed by atoms with Gasteiger partial charge in [-0.3, -0.25) is 20.1 Å². The fourth-order valence-corrected chi connectivity index (χ4v) is 4.87. The zero-order valence-corrected chi connectivity index (χ0v) is 25.7. The van der Waals surface area contributed by atoms with E-state index in [4.69, 9.17) is 4.74 Å². The predicted molar refractivity (Wildman–Crippen MR) is 176 cm³/mol. The summed E-state index contributed by atoms with van der Waals surface area (Å²) in [5, 5.41) is 15.1. The Labute approximate surface area is 260 Å². The normalized spacial score (nSPS) is 11.0. The molecule has 0 saturated heterocycles. The maximum Gasteiger partial charge on any atom is 0.412 e. The summed E-state index contributed by atoms with van der Waals surface area (Å²) in [6.45, 7) is 7.82. The third-order valence-electron chi connectivity index (χ3n) is 6.31. The van der Waals surface area contributed by atoms with Gasteiger partial charge in [-0.25, -0.2) is 9.78 Å². The van der Waals surface area contributed by atoms with Crippen molar-refractivity contribution in [2.24, 2.45) is 0 Å². The lowest BCUT2D eigenvalue weighted by molar-refractivity contribution is 0.0635. The molecule has 0 bridgehead atoms. The van der Waals surface area contributed by atoms with E-state index in [0.717, 1.165) is 39.0 Å². The van der Waals surface area contributed by atoms with Crippen LogP contribution in [0.4, 0.5) is 32.7 Å². The molecule has 2 amide bonds. The predicted octanol–water partition coefficient (Wildman–Crippen LogP) is 7.86. The summed E-state index contributed by atoms with van der Waals surface area (Å²) >= 11 is 1.50. The summed E-state index contributed by atoms with van der Waals surface area (Å²) in [5.74, 6) is -0.271. The largest absolute Gasteiger partial charge is 0.444 e. The number of benzene rings is 2. The zero-order valence-electron chi connectivity index (χ0n) is 24.8. The highest BCUT2D eigenvalue weighted by atomic mass is 32.1. The number of anilines is 5. The number of nitrogens with one attached hydrogen (secondary N) is 4. The number of rotatable bonds is 9. The van der Waals surface area contributed by atoms with E-state index in [0.29, 0.717) is 23.5 Å². The maximum atomic E-state index is 13.0. The van der Waals surface area contributed by atoms with Crippen molar-refractivity contribution in [2.75, 3.05) is 21.3 Å². The lowest BCUT2D eigenvalue weighted by Gasteiger charge is -2.20. The number of para-hydroxylation sites is 2. The van der Waals surface area contributed by atoms with Crippen LogP contribution in [0.25, 0.3) is 11.3 Å². The van der Waals surface area contributed by atoms with Crippen molar-refractivity contribution in [2.45, 2.75) is 39.8 Å². The van der Waals surface area contributed by atoms with E-state index in [2.05, 4.69) is 36.2 Å². The molecule has 2 aromatic carbocycles. The first-order valence-corrected chi connectivity index (χ1v) is 14.8. The van der Waals surface area contributed by atoms with E-state index in [1.54, 1.807) is 36.8 Å². The quantitative estimate of drug-likeness (QED) is 0.133. The Hall–Kier alpha value is -5.29. The van der Waals surface area contributed by atoms with Crippen LogP contribution >= 0.6 is 11.3 Å². The number of hydrogen-bond donors (Lipinski definition) is 4. The number of ether oxygens (including phenoxy) is 1. The van der Waals surface area contributed by atoms with Gasteiger partial charge in [-0.15, -0.1) is 11.3 Å². The molecular formula is C33H33N7O3S. The van der Waals surface area contributed by atoms with E-state index in [1.807, 2.05) is 81.6 Å². The molecule has 0 aliphatic heterocycles. The minimum Gasteiger partial charge on any atom is -0.444 e. The molecule has 0 fully saturated rings. The van der Waals surface area contributed by atoms with Crippen molar-refractivity contribution in [3.63, 3.8) is 0 Å². The molecule has 5 rings (SSSR count). The molecule has 0 atom stereocenters. The first-order valence-electron chi connectivity index (χ1n) is 14.0. The van der Waals surface area contributed by atoms with Gasteiger partial charge in [0.05, 0.1) is 34.9 Å². The molecule has 0 radical (unpaired) electrons. The fourth-order valence-electron chi connectivity index (χ4n) is 4.14. The second-order valence-corrected chi connectivity index (χ2v) is 11.8. The van der Waals surface area contributed by atoms with Crippen LogP contribution in [-0.2, 0) is 11.3 Å². The molecular weight excluding hydrogens is 574 g/mol. The summed E-state index contributed by atoms with van der Waals surface area (Å²) in [4.78, 5) is 38.5. The Morgan fingerprint density at radius 1 is 0.909 bits per heavy atom. The monoisotopic (exact) mass is 607 g/mol. The Balaban J connectivity index is 1.18. The molecule has 3 heterocycles. The van der Waals surface area contributed by atoms with Gasteiger partial charge in [0, 0.05) is 40.9 Å².